The highest BCUT2D eigenvalue weighted by molar-refractivity contribution is 4.90. The molecule has 1 saturated carbocycles. The van der Waals surface area contributed by atoms with Crippen molar-refractivity contribution in [3.8, 4) is 0 Å². The third-order valence-corrected chi connectivity index (χ3v) is 4.44. The highest BCUT2D eigenvalue weighted by atomic mass is 16.3. The Morgan fingerprint density at radius 3 is 2.47 bits per heavy atom. The van der Waals surface area contributed by atoms with Crippen LogP contribution in [0.25, 0.3) is 0 Å². The first kappa shape index (κ1) is 16.9. The summed E-state index contributed by atoms with van der Waals surface area (Å²) in [6.45, 7) is 13.6. The van der Waals surface area contributed by atoms with E-state index in [0.29, 0.717) is 17.4 Å². The van der Waals surface area contributed by atoms with Gasteiger partial charge in [0, 0.05) is 19.1 Å². The maximum absolute atomic E-state index is 10.0. The molecule has 0 aromatic heterocycles. The number of likely N-dealkylation sites (N-methyl/N-ethyl adjacent to an activating group) is 1. The lowest BCUT2D eigenvalue weighted by atomic mass is 9.69. The van der Waals surface area contributed by atoms with Crippen LogP contribution in [-0.2, 0) is 0 Å². The summed E-state index contributed by atoms with van der Waals surface area (Å²) in [4.78, 5) is 2.40. The van der Waals surface area contributed by atoms with Gasteiger partial charge in [0.05, 0.1) is 5.60 Å². The topological polar surface area (TPSA) is 35.5 Å². The average molecular weight is 270 g/mol. The summed E-state index contributed by atoms with van der Waals surface area (Å²) in [5.74, 6) is 0.691. The summed E-state index contributed by atoms with van der Waals surface area (Å²) in [5.41, 5.74) is -0.137. The SMILES string of the molecule is CCN(CC1CC(C)(C)CCC1NC)CC(C)(C)O. The molecule has 0 heterocycles. The van der Waals surface area contributed by atoms with E-state index in [-0.39, 0.29) is 0 Å². The summed E-state index contributed by atoms with van der Waals surface area (Å²) in [6.07, 6.45) is 3.86. The standard InChI is InChI=1S/C16H34N2O/c1-7-18(12-16(4,5)19)11-13-10-15(2,3)9-8-14(13)17-6/h13-14,17,19H,7-12H2,1-6H3. The summed E-state index contributed by atoms with van der Waals surface area (Å²) in [5, 5.41) is 13.5. The zero-order chi connectivity index (χ0) is 14.7. The molecule has 1 aliphatic rings. The third kappa shape index (κ3) is 5.80. The van der Waals surface area contributed by atoms with Crippen LogP contribution in [0.5, 0.6) is 0 Å². The van der Waals surface area contributed by atoms with E-state index in [2.05, 4.69) is 38.0 Å². The Bertz CT molecular complexity index is 270. The van der Waals surface area contributed by atoms with Gasteiger partial charge in [-0.15, -0.1) is 0 Å². The van der Waals surface area contributed by atoms with Gasteiger partial charge in [-0.1, -0.05) is 20.8 Å². The van der Waals surface area contributed by atoms with Crippen LogP contribution in [0, 0.1) is 11.3 Å². The molecule has 0 bridgehead atoms. The van der Waals surface area contributed by atoms with E-state index < -0.39 is 5.60 Å². The van der Waals surface area contributed by atoms with E-state index in [0.717, 1.165) is 19.6 Å². The minimum absolute atomic E-state index is 0.464. The molecule has 2 N–H and O–H groups in total. The molecule has 0 amide bonds. The molecule has 2 unspecified atom stereocenters. The Morgan fingerprint density at radius 1 is 1.37 bits per heavy atom. The number of hydrogen-bond acceptors (Lipinski definition) is 3. The van der Waals surface area contributed by atoms with Gasteiger partial charge in [-0.3, -0.25) is 0 Å². The Kier molecular flexibility index (Phi) is 5.84. The minimum Gasteiger partial charge on any atom is -0.389 e. The van der Waals surface area contributed by atoms with Crippen LogP contribution in [0.3, 0.4) is 0 Å². The van der Waals surface area contributed by atoms with E-state index in [1.807, 2.05) is 13.8 Å². The van der Waals surface area contributed by atoms with Crippen LogP contribution in [0.15, 0.2) is 0 Å². The van der Waals surface area contributed by atoms with Crippen molar-refractivity contribution in [2.75, 3.05) is 26.7 Å². The number of nitrogens with one attached hydrogen (secondary N) is 1. The largest absolute Gasteiger partial charge is 0.389 e. The maximum atomic E-state index is 10.0. The predicted octanol–water partition coefficient (Wildman–Crippen LogP) is 2.49. The van der Waals surface area contributed by atoms with Crippen molar-refractivity contribution in [3.63, 3.8) is 0 Å². The van der Waals surface area contributed by atoms with Gasteiger partial charge in [-0.05, 0) is 58.0 Å². The summed E-state index contributed by atoms with van der Waals surface area (Å²) in [6, 6.07) is 0.629. The lowest BCUT2D eigenvalue weighted by Crippen LogP contribution is -2.48. The zero-order valence-corrected chi connectivity index (χ0v) is 13.8. The van der Waals surface area contributed by atoms with Crippen molar-refractivity contribution in [1.82, 2.24) is 10.2 Å². The molecule has 2 atom stereocenters. The van der Waals surface area contributed by atoms with Gasteiger partial charge >= 0.3 is 0 Å². The van der Waals surface area contributed by atoms with Crippen molar-refractivity contribution in [2.24, 2.45) is 11.3 Å². The molecular weight excluding hydrogens is 236 g/mol. The highest BCUT2D eigenvalue weighted by Crippen LogP contribution is 2.39. The number of aliphatic hydroxyl groups is 1. The Labute approximate surface area is 119 Å². The molecule has 1 fully saturated rings. The van der Waals surface area contributed by atoms with Gasteiger partial charge in [-0.25, -0.2) is 0 Å². The molecule has 0 saturated heterocycles. The average Bonchev–Trinajstić information content (AvgIpc) is 2.25. The predicted molar refractivity (Wildman–Crippen MR) is 82.4 cm³/mol. The summed E-state index contributed by atoms with van der Waals surface area (Å²) < 4.78 is 0. The zero-order valence-electron chi connectivity index (χ0n) is 13.8. The fourth-order valence-electron chi connectivity index (χ4n) is 3.49. The molecule has 3 heteroatoms. The molecule has 1 rings (SSSR count). The van der Waals surface area contributed by atoms with Gasteiger partial charge in [0.25, 0.3) is 0 Å². The van der Waals surface area contributed by atoms with E-state index in [1.54, 1.807) is 0 Å². The van der Waals surface area contributed by atoms with Crippen LogP contribution < -0.4 is 5.32 Å². The highest BCUT2D eigenvalue weighted by Gasteiger charge is 2.35. The van der Waals surface area contributed by atoms with Gasteiger partial charge in [0.2, 0.25) is 0 Å². The van der Waals surface area contributed by atoms with Crippen LogP contribution in [0.2, 0.25) is 0 Å². The van der Waals surface area contributed by atoms with Gasteiger partial charge in [0.15, 0.2) is 0 Å². The van der Waals surface area contributed by atoms with Crippen LogP contribution in [-0.4, -0.2) is 48.3 Å². The fourth-order valence-corrected chi connectivity index (χ4v) is 3.49. The van der Waals surface area contributed by atoms with Gasteiger partial charge in [-0.2, -0.15) is 0 Å². The van der Waals surface area contributed by atoms with Crippen molar-refractivity contribution in [3.05, 3.63) is 0 Å². The first-order valence-electron chi connectivity index (χ1n) is 7.79. The van der Waals surface area contributed by atoms with E-state index in [9.17, 15) is 5.11 Å². The Balaban J connectivity index is 2.64. The Hall–Kier alpha value is -0.120. The first-order chi connectivity index (χ1) is 8.67. The molecule has 1 aliphatic carbocycles. The van der Waals surface area contributed by atoms with Crippen molar-refractivity contribution >= 4 is 0 Å². The molecular formula is C16H34N2O. The third-order valence-electron chi connectivity index (χ3n) is 4.44. The monoisotopic (exact) mass is 270 g/mol. The van der Waals surface area contributed by atoms with Gasteiger partial charge < -0.3 is 15.3 Å². The molecule has 0 aromatic carbocycles. The molecule has 0 aromatic rings. The van der Waals surface area contributed by atoms with Crippen LogP contribution >= 0.6 is 0 Å². The molecule has 0 radical (unpaired) electrons. The Morgan fingerprint density at radius 2 is 2.00 bits per heavy atom. The first-order valence-corrected chi connectivity index (χ1v) is 7.79. The van der Waals surface area contributed by atoms with Crippen molar-refractivity contribution < 1.29 is 5.11 Å². The summed E-state index contributed by atoms with van der Waals surface area (Å²) >= 11 is 0. The van der Waals surface area contributed by atoms with E-state index in [4.69, 9.17) is 0 Å². The maximum Gasteiger partial charge on any atom is 0.0718 e. The molecule has 3 nitrogen and oxygen atoms in total. The minimum atomic E-state index is -0.602. The second-order valence-electron chi connectivity index (χ2n) is 7.70. The number of nitrogens with zero attached hydrogens (tertiary/aromatic N) is 1. The smallest absolute Gasteiger partial charge is 0.0718 e. The van der Waals surface area contributed by atoms with Crippen molar-refractivity contribution in [1.29, 1.82) is 0 Å². The molecule has 19 heavy (non-hydrogen) atoms. The molecule has 0 spiro atoms. The van der Waals surface area contributed by atoms with Gasteiger partial charge in [0.1, 0.15) is 0 Å². The van der Waals surface area contributed by atoms with Crippen molar-refractivity contribution in [2.45, 2.75) is 65.5 Å². The van der Waals surface area contributed by atoms with E-state index >= 15 is 0 Å². The number of hydrogen-bond donors (Lipinski definition) is 2. The fraction of sp³-hybridized carbons (Fsp3) is 1.00. The van der Waals surface area contributed by atoms with E-state index in [1.165, 1.54) is 19.3 Å². The second-order valence-corrected chi connectivity index (χ2v) is 7.70. The quantitative estimate of drug-likeness (QED) is 0.778. The molecule has 0 aliphatic heterocycles. The van der Waals surface area contributed by atoms with Crippen LogP contribution in [0.1, 0.15) is 53.9 Å². The normalized spacial score (nSPS) is 27.8. The lowest BCUT2D eigenvalue weighted by Gasteiger charge is -2.43. The lowest BCUT2D eigenvalue weighted by molar-refractivity contribution is 0.0218. The molecule has 114 valence electrons. The number of rotatable bonds is 6. The van der Waals surface area contributed by atoms with Crippen LogP contribution in [0.4, 0.5) is 0 Å². The second kappa shape index (κ2) is 6.55. The summed E-state index contributed by atoms with van der Waals surface area (Å²) in [7, 11) is 2.09.